The minimum Gasteiger partial charge on any atom is -0.324 e. The molecule has 1 aromatic carbocycles. The van der Waals surface area contributed by atoms with E-state index in [-0.39, 0.29) is 4.21 Å². The number of nitrogens with one attached hydrogen (secondary N) is 2. The lowest BCUT2D eigenvalue weighted by molar-refractivity contribution is -0.115. The number of sulfonamides is 1. The normalized spacial score (nSPS) is 11.4. The zero-order chi connectivity index (χ0) is 17.0. The van der Waals surface area contributed by atoms with Crippen LogP contribution in [-0.2, 0) is 21.2 Å². The van der Waals surface area contributed by atoms with Crippen molar-refractivity contribution in [2.24, 2.45) is 0 Å². The summed E-state index contributed by atoms with van der Waals surface area (Å²) in [5.74, 6) is -0.537. The van der Waals surface area contributed by atoms with Gasteiger partial charge in [0.05, 0.1) is 17.3 Å². The Kier molecular flexibility index (Phi) is 6.05. The van der Waals surface area contributed by atoms with Gasteiger partial charge in [0.15, 0.2) is 0 Å². The molecule has 0 bridgehead atoms. The van der Waals surface area contributed by atoms with E-state index in [1.54, 1.807) is 18.2 Å². The second-order valence-corrected chi connectivity index (χ2v) is 8.58. The highest BCUT2D eigenvalue weighted by molar-refractivity contribution is 7.91. The van der Waals surface area contributed by atoms with Crippen molar-refractivity contribution in [1.29, 1.82) is 0 Å². The second kappa shape index (κ2) is 7.63. The number of carbonyl (C=O) groups is 1. The van der Waals surface area contributed by atoms with E-state index in [0.717, 1.165) is 11.3 Å². The molecular formula is C14H14Cl2N2O3S2. The molecule has 2 aromatic rings. The maximum absolute atomic E-state index is 12.1. The topological polar surface area (TPSA) is 75.3 Å². The third kappa shape index (κ3) is 4.92. The summed E-state index contributed by atoms with van der Waals surface area (Å²) in [4.78, 5) is 12.8. The molecule has 2 rings (SSSR count). The van der Waals surface area contributed by atoms with E-state index in [1.807, 2.05) is 6.92 Å². The summed E-state index contributed by atoms with van der Waals surface area (Å²) in [5.41, 5.74) is 0.327. The van der Waals surface area contributed by atoms with Gasteiger partial charge in [0, 0.05) is 9.90 Å². The third-order valence-corrected chi connectivity index (χ3v) is 6.56. The van der Waals surface area contributed by atoms with E-state index in [2.05, 4.69) is 10.0 Å². The molecule has 0 aliphatic rings. The summed E-state index contributed by atoms with van der Waals surface area (Å²) in [6.07, 6.45) is 0.758. The summed E-state index contributed by atoms with van der Waals surface area (Å²) < 4.78 is 26.7. The molecule has 0 aliphatic carbocycles. The fourth-order valence-corrected chi connectivity index (χ4v) is 4.37. The number of anilines is 1. The van der Waals surface area contributed by atoms with Crippen LogP contribution in [0.25, 0.3) is 0 Å². The molecule has 0 saturated heterocycles. The molecule has 5 nitrogen and oxygen atoms in total. The summed E-state index contributed by atoms with van der Waals surface area (Å²) >= 11 is 12.9. The molecule has 9 heteroatoms. The minimum absolute atomic E-state index is 0.183. The zero-order valence-electron chi connectivity index (χ0n) is 12.1. The molecule has 0 unspecified atom stereocenters. The average Bonchev–Trinajstić information content (AvgIpc) is 2.99. The molecule has 0 atom stereocenters. The molecule has 1 amide bonds. The molecule has 0 saturated carbocycles. The van der Waals surface area contributed by atoms with Crippen molar-refractivity contribution in [2.45, 2.75) is 17.6 Å². The molecule has 2 N–H and O–H groups in total. The van der Waals surface area contributed by atoms with E-state index in [4.69, 9.17) is 23.2 Å². The first-order valence-corrected chi connectivity index (χ1v) is 9.70. The number of thiophene rings is 1. The largest absolute Gasteiger partial charge is 0.324 e. The van der Waals surface area contributed by atoms with Gasteiger partial charge in [-0.25, -0.2) is 13.1 Å². The molecule has 1 heterocycles. The Labute approximate surface area is 148 Å². The lowest BCUT2D eigenvalue weighted by Crippen LogP contribution is -2.32. The average molecular weight is 393 g/mol. The SMILES string of the molecule is CCc1ccc(S(=O)(=O)NCC(=O)Nc2cc(Cl)ccc2Cl)s1. The molecule has 0 aliphatic heterocycles. The van der Waals surface area contributed by atoms with E-state index in [1.165, 1.54) is 23.5 Å². The van der Waals surface area contributed by atoms with Crippen molar-refractivity contribution in [3.05, 3.63) is 45.3 Å². The van der Waals surface area contributed by atoms with Gasteiger partial charge >= 0.3 is 0 Å². The monoisotopic (exact) mass is 392 g/mol. The molecule has 0 fully saturated rings. The van der Waals surface area contributed by atoms with Gasteiger partial charge in [-0.05, 0) is 36.8 Å². The minimum atomic E-state index is -3.71. The van der Waals surface area contributed by atoms with Crippen molar-refractivity contribution >= 4 is 56.2 Å². The molecular weight excluding hydrogens is 379 g/mol. The first kappa shape index (κ1) is 18.2. The number of rotatable bonds is 6. The van der Waals surface area contributed by atoms with Gasteiger partial charge in [0.25, 0.3) is 10.0 Å². The van der Waals surface area contributed by atoms with Gasteiger partial charge < -0.3 is 5.32 Å². The van der Waals surface area contributed by atoms with Crippen LogP contribution < -0.4 is 10.0 Å². The molecule has 1 aromatic heterocycles. The Morgan fingerprint density at radius 1 is 1.22 bits per heavy atom. The Morgan fingerprint density at radius 3 is 2.61 bits per heavy atom. The lowest BCUT2D eigenvalue weighted by atomic mass is 10.3. The fourth-order valence-electron chi connectivity index (χ4n) is 1.71. The van der Waals surface area contributed by atoms with E-state index in [9.17, 15) is 13.2 Å². The predicted molar refractivity (Wildman–Crippen MR) is 94.0 cm³/mol. The lowest BCUT2D eigenvalue weighted by Gasteiger charge is -2.08. The van der Waals surface area contributed by atoms with Gasteiger partial charge in [0.1, 0.15) is 4.21 Å². The second-order valence-electron chi connectivity index (χ2n) is 4.57. The van der Waals surface area contributed by atoms with Crippen LogP contribution in [0.15, 0.2) is 34.5 Å². The maximum Gasteiger partial charge on any atom is 0.250 e. The smallest absolute Gasteiger partial charge is 0.250 e. The highest BCUT2D eigenvalue weighted by atomic mass is 35.5. The highest BCUT2D eigenvalue weighted by Crippen LogP contribution is 2.25. The van der Waals surface area contributed by atoms with Crippen molar-refractivity contribution in [3.8, 4) is 0 Å². The molecule has 0 radical (unpaired) electrons. The first-order chi connectivity index (χ1) is 10.8. The number of carbonyl (C=O) groups excluding carboxylic acids is 1. The summed E-state index contributed by atoms with van der Waals surface area (Å²) in [6.45, 7) is 1.54. The van der Waals surface area contributed by atoms with Crippen molar-refractivity contribution in [2.75, 3.05) is 11.9 Å². The van der Waals surface area contributed by atoms with Crippen LogP contribution in [0.3, 0.4) is 0 Å². The van der Waals surface area contributed by atoms with Gasteiger partial charge in [-0.1, -0.05) is 30.1 Å². The van der Waals surface area contributed by atoms with Crippen LogP contribution in [0, 0.1) is 0 Å². The summed E-state index contributed by atoms with van der Waals surface area (Å²) in [6, 6.07) is 7.90. The Balaban J connectivity index is 1.99. The van der Waals surface area contributed by atoms with Crippen LogP contribution in [0.4, 0.5) is 5.69 Å². The molecule has 23 heavy (non-hydrogen) atoms. The van der Waals surface area contributed by atoms with Crippen molar-refractivity contribution < 1.29 is 13.2 Å². The van der Waals surface area contributed by atoms with E-state index < -0.39 is 22.5 Å². The number of halogens is 2. The van der Waals surface area contributed by atoms with Crippen LogP contribution in [-0.4, -0.2) is 20.9 Å². The predicted octanol–water partition coefficient (Wildman–Crippen LogP) is 3.53. The maximum atomic E-state index is 12.1. The summed E-state index contributed by atoms with van der Waals surface area (Å²) in [5, 5.41) is 3.24. The fraction of sp³-hybridized carbons (Fsp3) is 0.214. The molecule has 0 spiro atoms. The molecule has 124 valence electrons. The number of aryl methyl sites for hydroxylation is 1. The Hall–Kier alpha value is -1.12. The van der Waals surface area contributed by atoms with E-state index in [0.29, 0.717) is 15.7 Å². The van der Waals surface area contributed by atoms with Crippen LogP contribution in [0.5, 0.6) is 0 Å². The van der Waals surface area contributed by atoms with Gasteiger partial charge in [-0.3, -0.25) is 4.79 Å². The quantitative estimate of drug-likeness (QED) is 0.789. The number of amides is 1. The Bertz CT molecular complexity index is 819. The van der Waals surface area contributed by atoms with Gasteiger partial charge in [-0.2, -0.15) is 0 Å². The van der Waals surface area contributed by atoms with Crippen LogP contribution >= 0.6 is 34.5 Å². The summed E-state index contributed by atoms with van der Waals surface area (Å²) in [7, 11) is -3.71. The standard InChI is InChI=1S/C14H14Cl2N2O3S2/c1-2-10-4-6-14(22-10)23(20,21)17-8-13(19)18-12-7-9(15)3-5-11(12)16/h3-7,17H,2,8H2,1H3,(H,18,19). The number of benzene rings is 1. The Morgan fingerprint density at radius 2 is 1.96 bits per heavy atom. The number of hydrogen-bond donors (Lipinski definition) is 2. The zero-order valence-corrected chi connectivity index (χ0v) is 15.2. The van der Waals surface area contributed by atoms with Crippen LogP contribution in [0.1, 0.15) is 11.8 Å². The van der Waals surface area contributed by atoms with Crippen molar-refractivity contribution in [1.82, 2.24) is 4.72 Å². The number of hydrogen-bond acceptors (Lipinski definition) is 4. The first-order valence-electron chi connectivity index (χ1n) is 6.65. The van der Waals surface area contributed by atoms with Gasteiger partial charge in [-0.15, -0.1) is 11.3 Å². The van der Waals surface area contributed by atoms with Crippen molar-refractivity contribution in [3.63, 3.8) is 0 Å². The van der Waals surface area contributed by atoms with Crippen LogP contribution in [0.2, 0.25) is 10.0 Å². The third-order valence-electron chi connectivity index (χ3n) is 2.88. The van der Waals surface area contributed by atoms with E-state index >= 15 is 0 Å². The van der Waals surface area contributed by atoms with Gasteiger partial charge in [0.2, 0.25) is 5.91 Å². The highest BCUT2D eigenvalue weighted by Gasteiger charge is 2.18.